The summed E-state index contributed by atoms with van der Waals surface area (Å²) in [4.78, 5) is 27.3. The molecule has 2 rings (SSSR count). The van der Waals surface area contributed by atoms with Gasteiger partial charge in [-0.05, 0) is 24.1 Å². The molecule has 0 saturated carbocycles. The number of esters is 2. The van der Waals surface area contributed by atoms with Crippen LogP contribution in [-0.2, 0) is 32.1 Å². The van der Waals surface area contributed by atoms with Gasteiger partial charge in [-0.3, -0.25) is 9.78 Å². The topological polar surface area (TPSA) is 65.5 Å². The number of carbonyl (C=O) groups is 2. The van der Waals surface area contributed by atoms with Gasteiger partial charge in [-0.25, -0.2) is 4.79 Å². The van der Waals surface area contributed by atoms with Gasteiger partial charge < -0.3 is 9.47 Å². The van der Waals surface area contributed by atoms with E-state index < -0.39 is 11.9 Å². The molecule has 0 atom stereocenters. The third kappa shape index (κ3) is 5.01. The van der Waals surface area contributed by atoms with E-state index in [9.17, 15) is 9.59 Å². The van der Waals surface area contributed by atoms with E-state index in [-0.39, 0.29) is 19.6 Å². The Morgan fingerprint density at radius 3 is 2.50 bits per heavy atom. The van der Waals surface area contributed by atoms with Crippen LogP contribution in [0.15, 0.2) is 48.7 Å². The summed E-state index contributed by atoms with van der Waals surface area (Å²) < 4.78 is 9.93. The van der Waals surface area contributed by atoms with Crippen molar-refractivity contribution in [2.45, 2.75) is 20.0 Å². The van der Waals surface area contributed by atoms with Crippen LogP contribution in [0.25, 0.3) is 0 Å². The third-order valence-corrected chi connectivity index (χ3v) is 3.04. The van der Waals surface area contributed by atoms with Crippen LogP contribution < -0.4 is 0 Å². The molecule has 0 saturated heterocycles. The Balaban J connectivity index is 1.72. The number of hydrogen-bond acceptors (Lipinski definition) is 5. The maximum Gasteiger partial charge on any atom is 0.344 e. The van der Waals surface area contributed by atoms with E-state index in [0.717, 1.165) is 16.8 Å². The van der Waals surface area contributed by atoms with Gasteiger partial charge in [0, 0.05) is 11.9 Å². The average molecular weight is 299 g/mol. The molecule has 0 aliphatic carbocycles. The van der Waals surface area contributed by atoms with E-state index in [0.29, 0.717) is 0 Å². The first-order valence-electron chi connectivity index (χ1n) is 6.91. The van der Waals surface area contributed by atoms with Crippen molar-refractivity contribution in [1.82, 2.24) is 4.98 Å². The maximum absolute atomic E-state index is 11.7. The number of nitrogens with zero attached hydrogens (tertiary/aromatic N) is 1. The van der Waals surface area contributed by atoms with Crippen LogP contribution in [0.4, 0.5) is 0 Å². The molecule has 114 valence electrons. The lowest BCUT2D eigenvalue weighted by Crippen LogP contribution is -2.18. The zero-order chi connectivity index (χ0) is 15.8. The van der Waals surface area contributed by atoms with E-state index >= 15 is 0 Å². The van der Waals surface area contributed by atoms with Gasteiger partial charge in [-0.1, -0.05) is 36.4 Å². The minimum Gasteiger partial charge on any atom is -0.458 e. The lowest BCUT2D eigenvalue weighted by Gasteiger charge is -2.07. The summed E-state index contributed by atoms with van der Waals surface area (Å²) in [5, 5.41) is 0. The molecule has 0 N–H and O–H groups in total. The van der Waals surface area contributed by atoms with Gasteiger partial charge in [0.15, 0.2) is 6.61 Å². The van der Waals surface area contributed by atoms with Crippen molar-refractivity contribution in [3.05, 3.63) is 65.5 Å². The fraction of sp³-hybridized carbons (Fsp3) is 0.235. The van der Waals surface area contributed by atoms with E-state index in [1.165, 1.54) is 0 Å². The Morgan fingerprint density at radius 1 is 1.00 bits per heavy atom. The third-order valence-electron chi connectivity index (χ3n) is 3.04. The normalized spacial score (nSPS) is 10.0. The lowest BCUT2D eigenvalue weighted by molar-refractivity contribution is -0.159. The van der Waals surface area contributed by atoms with Crippen molar-refractivity contribution in [1.29, 1.82) is 0 Å². The lowest BCUT2D eigenvalue weighted by atomic mass is 10.1. The molecule has 0 radical (unpaired) electrons. The highest BCUT2D eigenvalue weighted by molar-refractivity contribution is 5.77. The van der Waals surface area contributed by atoms with Crippen LogP contribution in [-0.4, -0.2) is 23.5 Å². The zero-order valence-corrected chi connectivity index (χ0v) is 12.3. The van der Waals surface area contributed by atoms with Crippen molar-refractivity contribution in [3.63, 3.8) is 0 Å². The molecule has 0 unspecified atom stereocenters. The number of hydrogen-bond donors (Lipinski definition) is 0. The van der Waals surface area contributed by atoms with Crippen molar-refractivity contribution in [2.75, 3.05) is 6.61 Å². The molecule has 0 aliphatic heterocycles. The van der Waals surface area contributed by atoms with Crippen LogP contribution in [0.1, 0.15) is 16.8 Å². The van der Waals surface area contributed by atoms with Crippen molar-refractivity contribution in [3.8, 4) is 0 Å². The van der Waals surface area contributed by atoms with Gasteiger partial charge in [0.1, 0.15) is 6.61 Å². The highest BCUT2D eigenvalue weighted by atomic mass is 16.6. The molecule has 5 nitrogen and oxygen atoms in total. The molecule has 1 aromatic carbocycles. The van der Waals surface area contributed by atoms with Gasteiger partial charge in [-0.15, -0.1) is 0 Å². The van der Waals surface area contributed by atoms with Crippen LogP contribution in [0, 0.1) is 6.92 Å². The molecular weight excluding hydrogens is 282 g/mol. The summed E-state index contributed by atoms with van der Waals surface area (Å²) in [5.41, 5.74) is 2.43. The number of rotatable bonds is 6. The largest absolute Gasteiger partial charge is 0.458 e. The smallest absolute Gasteiger partial charge is 0.344 e. The van der Waals surface area contributed by atoms with Gasteiger partial charge >= 0.3 is 11.9 Å². The number of benzene rings is 1. The van der Waals surface area contributed by atoms with Gasteiger partial charge in [-0.2, -0.15) is 0 Å². The van der Waals surface area contributed by atoms with Gasteiger partial charge in [0.25, 0.3) is 0 Å². The van der Waals surface area contributed by atoms with Crippen LogP contribution >= 0.6 is 0 Å². The van der Waals surface area contributed by atoms with Crippen molar-refractivity contribution >= 4 is 11.9 Å². The molecule has 1 aromatic heterocycles. The van der Waals surface area contributed by atoms with E-state index in [2.05, 4.69) is 4.98 Å². The van der Waals surface area contributed by atoms with Crippen LogP contribution in [0.3, 0.4) is 0 Å². The summed E-state index contributed by atoms with van der Waals surface area (Å²) in [6, 6.07) is 12.9. The van der Waals surface area contributed by atoms with Crippen LogP contribution in [0.5, 0.6) is 0 Å². The highest BCUT2D eigenvalue weighted by Gasteiger charge is 2.11. The first kappa shape index (κ1) is 15.7. The van der Waals surface area contributed by atoms with E-state index in [1.807, 2.05) is 37.3 Å². The monoisotopic (exact) mass is 299 g/mol. The predicted molar refractivity (Wildman–Crippen MR) is 79.9 cm³/mol. The van der Waals surface area contributed by atoms with E-state index in [4.69, 9.17) is 9.47 Å². The average Bonchev–Trinajstić information content (AvgIpc) is 2.54. The SMILES string of the molecule is Cc1ncccc1CC(=O)OCC(=O)OCc1ccccc1. The number of aryl methyl sites for hydroxylation is 1. The minimum absolute atomic E-state index is 0.0889. The van der Waals surface area contributed by atoms with Crippen molar-refractivity contribution < 1.29 is 19.1 Å². The summed E-state index contributed by atoms with van der Waals surface area (Å²) in [7, 11) is 0. The Bertz CT molecular complexity index is 640. The quantitative estimate of drug-likeness (QED) is 0.765. The Kier molecular flexibility index (Phi) is 5.65. The maximum atomic E-state index is 11.7. The fourth-order valence-electron chi connectivity index (χ4n) is 1.83. The summed E-state index contributed by atoms with van der Waals surface area (Å²) in [6.07, 6.45) is 1.75. The van der Waals surface area contributed by atoms with Gasteiger partial charge in [0.2, 0.25) is 0 Å². The number of pyridine rings is 1. The van der Waals surface area contributed by atoms with E-state index in [1.54, 1.807) is 18.3 Å². The molecule has 2 aromatic rings. The second kappa shape index (κ2) is 7.93. The van der Waals surface area contributed by atoms with Crippen LogP contribution in [0.2, 0.25) is 0 Å². The fourth-order valence-corrected chi connectivity index (χ4v) is 1.83. The molecule has 0 aliphatic rings. The predicted octanol–water partition coefficient (Wildman–Crippen LogP) is 2.22. The Morgan fingerprint density at radius 2 is 1.77 bits per heavy atom. The molecule has 0 bridgehead atoms. The Labute approximate surface area is 128 Å². The standard InChI is InChI=1S/C17H17NO4/c1-13-15(8-5-9-18-13)10-16(19)22-12-17(20)21-11-14-6-3-2-4-7-14/h2-9H,10-12H2,1H3. The first-order valence-corrected chi connectivity index (χ1v) is 6.91. The number of ether oxygens (including phenoxy) is 2. The molecule has 0 spiro atoms. The summed E-state index contributed by atoms with van der Waals surface area (Å²) >= 11 is 0. The molecular formula is C17H17NO4. The molecule has 1 heterocycles. The molecule has 0 amide bonds. The zero-order valence-electron chi connectivity index (χ0n) is 12.3. The number of carbonyl (C=O) groups excluding carboxylic acids is 2. The second-order valence-corrected chi connectivity index (χ2v) is 4.73. The minimum atomic E-state index is -0.569. The first-order chi connectivity index (χ1) is 10.6. The molecule has 22 heavy (non-hydrogen) atoms. The molecule has 0 fully saturated rings. The second-order valence-electron chi connectivity index (χ2n) is 4.73. The number of aromatic nitrogens is 1. The summed E-state index contributed by atoms with van der Waals surface area (Å²) in [6.45, 7) is 1.60. The van der Waals surface area contributed by atoms with Crippen molar-refractivity contribution in [2.24, 2.45) is 0 Å². The molecule has 5 heteroatoms. The summed E-state index contributed by atoms with van der Waals surface area (Å²) in [5.74, 6) is -1.05. The highest BCUT2D eigenvalue weighted by Crippen LogP contribution is 2.06. The Hall–Kier alpha value is -2.69. The van der Waals surface area contributed by atoms with Gasteiger partial charge in [0.05, 0.1) is 6.42 Å².